The number of benzene rings is 6. The Kier molecular flexibility index (Phi) is 28.6. The van der Waals surface area contributed by atoms with E-state index in [9.17, 15) is 0 Å². The average Bonchev–Trinajstić information content (AvgIpc) is 3.48. The van der Waals surface area contributed by atoms with Gasteiger partial charge in [0.05, 0.1) is 8.07 Å². The third-order valence-electron chi connectivity index (χ3n) is 16.8. The quantitative estimate of drug-likeness (QED) is 0.0272. The van der Waals surface area contributed by atoms with Crippen molar-refractivity contribution in [3.05, 3.63) is 144 Å². The first-order chi connectivity index (χ1) is 38.7. The van der Waals surface area contributed by atoms with Crippen molar-refractivity contribution in [2.75, 3.05) is 0 Å². The second kappa shape index (κ2) is 34.6. The van der Waals surface area contributed by atoms with E-state index < -0.39 is 8.07 Å². The summed E-state index contributed by atoms with van der Waals surface area (Å²) in [5.41, 5.74) is 21.5. The Balaban J connectivity index is 1.57. The third kappa shape index (κ3) is 20.0. The minimum Gasteiger partial charge on any atom is -0.0843 e. The molecule has 0 radical (unpaired) electrons. The normalized spacial score (nSPS) is 11.8. The summed E-state index contributed by atoms with van der Waals surface area (Å²) in [4.78, 5) is 0. The summed E-state index contributed by atoms with van der Waals surface area (Å²) in [7, 11) is -1.62. The van der Waals surface area contributed by atoms with Gasteiger partial charge in [0.1, 0.15) is 0 Å². The molecule has 6 aromatic rings. The molecule has 0 aliphatic rings. The molecule has 0 saturated carbocycles. The van der Waals surface area contributed by atoms with Crippen molar-refractivity contribution in [1.29, 1.82) is 0 Å². The molecule has 0 heterocycles. The van der Waals surface area contributed by atoms with Crippen LogP contribution >= 0.6 is 50.7 Å². The van der Waals surface area contributed by atoms with Crippen LogP contribution in [0.3, 0.4) is 0 Å². The van der Waals surface area contributed by atoms with Gasteiger partial charge < -0.3 is 0 Å². The Labute approximate surface area is 513 Å². The monoisotopic (exact) mass is 1210 g/mol. The van der Waals surface area contributed by atoms with Crippen LogP contribution in [0.25, 0.3) is 55.6 Å². The molecule has 0 amide bonds. The van der Waals surface area contributed by atoms with Gasteiger partial charge in [-0.2, -0.15) is 0 Å². The molecule has 0 N–H and O–H groups in total. The molecule has 6 aromatic carbocycles. The topological polar surface area (TPSA) is 0 Å². The molecule has 0 unspecified atom stereocenters. The van der Waals surface area contributed by atoms with Crippen LogP contribution in [0.5, 0.6) is 0 Å². The van der Waals surface area contributed by atoms with E-state index in [1.54, 1.807) is 10.8 Å². The molecule has 434 valence electrons. The molecular weight excluding hydrogens is 1120 g/mol. The minimum atomic E-state index is -1.62. The lowest BCUT2D eigenvalue weighted by Crippen LogP contribution is -2.40. The van der Waals surface area contributed by atoms with Gasteiger partial charge in [0.2, 0.25) is 0 Å². The van der Waals surface area contributed by atoms with Crippen LogP contribution in [0.1, 0.15) is 229 Å². The van der Waals surface area contributed by atoms with Gasteiger partial charge in [-0.25, -0.2) is 0 Å². The molecular formula is C75H102BrCl3Si. The Morgan fingerprint density at radius 2 is 0.512 bits per heavy atom. The van der Waals surface area contributed by atoms with Crippen molar-refractivity contribution in [2.45, 2.75) is 254 Å². The zero-order valence-corrected chi connectivity index (χ0v) is 56.2. The molecule has 0 fully saturated rings. The highest BCUT2D eigenvalue weighted by Crippen LogP contribution is 2.43. The van der Waals surface area contributed by atoms with E-state index in [0.717, 1.165) is 83.7 Å². The van der Waals surface area contributed by atoms with Crippen LogP contribution in [-0.4, -0.2) is 8.07 Å². The van der Waals surface area contributed by atoms with E-state index in [0.29, 0.717) is 0 Å². The molecule has 0 bridgehead atoms. The molecule has 0 aliphatic heterocycles. The van der Waals surface area contributed by atoms with Gasteiger partial charge in [0, 0.05) is 19.5 Å². The lowest BCUT2D eigenvalue weighted by Gasteiger charge is -2.25. The van der Waals surface area contributed by atoms with Crippen LogP contribution in [0.4, 0.5) is 0 Å². The molecule has 80 heavy (non-hydrogen) atoms. The van der Waals surface area contributed by atoms with E-state index in [-0.39, 0.29) is 0 Å². The number of hydrogen-bond donors (Lipinski definition) is 0. The zero-order valence-electron chi connectivity index (χ0n) is 51.4. The highest BCUT2D eigenvalue weighted by molar-refractivity contribution is 9.10. The van der Waals surface area contributed by atoms with Crippen molar-refractivity contribution >= 4 is 64.0 Å². The molecule has 0 nitrogen and oxygen atoms in total. The van der Waals surface area contributed by atoms with Crippen molar-refractivity contribution in [3.8, 4) is 55.6 Å². The number of hydrogen-bond acceptors (Lipinski definition) is 0. The van der Waals surface area contributed by atoms with Crippen LogP contribution in [0.2, 0.25) is 34.7 Å². The molecule has 6 rings (SSSR count). The SMILES string of the molecule is CCCCCCc1cc(-c2cc(Cl)cc(-c3cc(CCCCCC)c(-c4cc(Cl)cc(-c5cc(CCCCCC)c([Si](C)(C)C)cc5CCCCCC)c4)cc3CCCCCC)c2)c(CCCCCC)cc1-c1cc(Cl)cc(Br)c1. The Morgan fingerprint density at radius 3 is 0.775 bits per heavy atom. The van der Waals surface area contributed by atoms with Crippen molar-refractivity contribution in [2.24, 2.45) is 0 Å². The lowest BCUT2D eigenvalue weighted by molar-refractivity contribution is 0.664. The summed E-state index contributed by atoms with van der Waals surface area (Å²) in [6, 6.07) is 36.0. The second-order valence-corrected chi connectivity index (χ2v) is 32.0. The van der Waals surface area contributed by atoms with Gasteiger partial charge >= 0.3 is 0 Å². The van der Waals surface area contributed by atoms with Gasteiger partial charge in [0.25, 0.3) is 0 Å². The maximum atomic E-state index is 7.46. The largest absolute Gasteiger partial charge is 0.0843 e. The first-order valence-corrected chi connectivity index (χ1v) is 37.7. The number of aryl methyl sites for hydroxylation is 6. The van der Waals surface area contributed by atoms with Gasteiger partial charge in [-0.3, -0.25) is 0 Å². The van der Waals surface area contributed by atoms with E-state index in [1.807, 2.05) is 6.07 Å². The predicted molar refractivity (Wildman–Crippen MR) is 366 cm³/mol. The van der Waals surface area contributed by atoms with E-state index in [4.69, 9.17) is 34.8 Å². The fourth-order valence-corrected chi connectivity index (χ4v) is 15.4. The second-order valence-electron chi connectivity index (χ2n) is 24.7. The molecule has 0 atom stereocenters. The Morgan fingerprint density at radius 1 is 0.275 bits per heavy atom. The zero-order chi connectivity index (χ0) is 57.4. The summed E-state index contributed by atoms with van der Waals surface area (Å²) < 4.78 is 1.01. The average molecular weight is 1220 g/mol. The Hall–Kier alpha value is -3.11. The highest BCUT2D eigenvalue weighted by Gasteiger charge is 2.24. The molecule has 5 heteroatoms. The standard InChI is InChI=1S/C75H102BrCl3Si/c1-10-16-22-28-34-55-49-71(63-41-64(46-68(78)45-63)74-52-60(39-33-27-21-15-6)75(80(7,8)9)53-59(74)38-32-26-20-14-5)56(35-29-23-17-11-2)48-70(55)61-40-62(44-67(77)43-61)72-50-58(37-31-25-19-13-4)73(51-57(72)36-30-24-18-12-3)65-42-66(76)54-69(79)47-65/h40-54H,10-39H2,1-9H3. The summed E-state index contributed by atoms with van der Waals surface area (Å²) in [5, 5.41) is 4.03. The minimum absolute atomic E-state index is 0.757. The maximum Gasteiger partial charge on any atom is 0.0779 e. The van der Waals surface area contributed by atoms with Crippen LogP contribution in [0.15, 0.2) is 95.5 Å². The highest BCUT2D eigenvalue weighted by atomic mass is 79.9. The number of halogens is 4. The molecule has 0 aromatic heterocycles. The van der Waals surface area contributed by atoms with Gasteiger partial charge in [-0.1, -0.05) is 269 Å². The van der Waals surface area contributed by atoms with Crippen molar-refractivity contribution in [1.82, 2.24) is 0 Å². The summed E-state index contributed by atoms with van der Waals surface area (Å²) in [6.07, 6.45) is 35.9. The van der Waals surface area contributed by atoms with E-state index in [2.05, 4.69) is 162 Å². The first kappa shape index (κ1) is 66.0. The van der Waals surface area contributed by atoms with Gasteiger partial charge in [0.15, 0.2) is 0 Å². The van der Waals surface area contributed by atoms with E-state index in [1.165, 1.54) is 212 Å². The fourth-order valence-electron chi connectivity index (χ4n) is 12.3. The summed E-state index contributed by atoms with van der Waals surface area (Å²) in [5.74, 6) is 0. The fraction of sp³-hybridized carbons (Fsp3) is 0.520. The molecule has 0 aliphatic carbocycles. The van der Waals surface area contributed by atoms with Crippen molar-refractivity contribution in [3.63, 3.8) is 0 Å². The number of unbranched alkanes of at least 4 members (excludes halogenated alkanes) is 18. The summed E-state index contributed by atoms with van der Waals surface area (Å²) in [6.45, 7) is 21.5. The summed E-state index contributed by atoms with van der Waals surface area (Å²) >= 11 is 25.5. The third-order valence-corrected chi connectivity index (χ3v) is 20.0. The Bertz CT molecular complexity index is 2830. The smallest absolute Gasteiger partial charge is 0.0779 e. The van der Waals surface area contributed by atoms with Gasteiger partial charge in [-0.05, 0) is 221 Å². The number of rotatable bonds is 36. The molecule has 0 saturated heterocycles. The predicted octanol–water partition coefficient (Wildman–Crippen LogP) is 26.0. The van der Waals surface area contributed by atoms with Crippen LogP contribution in [0, 0.1) is 0 Å². The molecule has 0 spiro atoms. The van der Waals surface area contributed by atoms with E-state index >= 15 is 0 Å². The lowest BCUT2D eigenvalue weighted by atomic mass is 9.84. The van der Waals surface area contributed by atoms with Gasteiger partial charge in [-0.15, -0.1) is 0 Å². The maximum absolute atomic E-state index is 7.46. The van der Waals surface area contributed by atoms with Crippen LogP contribution in [-0.2, 0) is 38.5 Å². The first-order valence-electron chi connectivity index (χ1n) is 32.3. The van der Waals surface area contributed by atoms with Crippen LogP contribution < -0.4 is 5.19 Å². The van der Waals surface area contributed by atoms with Crippen molar-refractivity contribution < 1.29 is 0 Å².